The number of hydrogen-bond acceptors (Lipinski definition) is 2. The van der Waals surface area contributed by atoms with Crippen LogP contribution in [0, 0.1) is 30.6 Å². The van der Waals surface area contributed by atoms with Gasteiger partial charge in [-0.3, -0.25) is 14.5 Å². The van der Waals surface area contributed by atoms with Crippen molar-refractivity contribution in [2.75, 3.05) is 4.90 Å². The molecule has 2 aliphatic carbocycles. The largest absolute Gasteiger partial charge is 0.274 e. The summed E-state index contributed by atoms with van der Waals surface area (Å²) in [5, 5.41) is 0. The van der Waals surface area contributed by atoms with E-state index in [1.165, 1.54) is 4.90 Å². The van der Waals surface area contributed by atoms with Crippen LogP contribution in [0.25, 0.3) is 0 Å². The molecule has 3 fully saturated rings. The molecule has 21 heavy (non-hydrogen) atoms. The van der Waals surface area contributed by atoms with Crippen molar-refractivity contribution in [1.29, 1.82) is 0 Å². The lowest BCUT2D eigenvalue weighted by Gasteiger charge is -2.28. The summed E-state index contributed by atoms with van der Waals surface area (Å²) in [4.78, 5) is 27.6. The minimum Gasteiger partial charge on any atom is -0.274 e. The molecule has 1 aromatic carbocycles. The Morgan fingerprint density at radius 1 is 0.952 bits per heavy atom. The lowest BCUT2D eigenvalue weighted by Crippen LogP contribution is -2.37. The molecular formula is C16H15Br2NO2. The third-order valence-electron chi connectivity index (χ3n) is 5.28. The van der Waals surface area contributed by atoms with E-state index in [0.717, 1.165) is 12.0 Å². The SMILES string of the molecule is Cc1ccc(N2C(=O)[C@@H]3[C@@H]4C[C@H]([C@H](Br)[C@@H]4Br)[C@@H]3C2=O)cc1. The zero-order valence-corrected chi connectivity index (χ0v) is 14.7. The minimum absolute atomic E-state index is 0.00907. The number of alkyl halides is 2. The van der Waals surface area contributed by atoms with Gasteiger partial charge in [0, 0.05) is 9.65 Å². The third kappa shape index (κ3) is 1.76. The fraction of sp³-hybridized carbons (Fsp3) is 0.500. The van der Waals surface area contributed by atoms with E-state index in [4.69, 9.17) is 0 Å². The van der Waals surface area contributed by atoms with Crippen LogP contribution in [-0.2, 0) is 9.59 Å². The Morgan fingerprint density at radius 3 is 1.90 bits per heavy atom. The molecule has 6 atom stereocenters. The number of rotatable bonds is 1. The molecule has 2 saturated carbocycles. The summed E-state index contributed by atoms with van der Waals surface area (Å²) in [5.74, 6) is 0.256. The number of nitrogens with zero attached hydrogens (tertiary/aromatic N) is 1. The lowest BCUT2D eigenvalue weighted by atomic mass is 9.81. The Balaban J connectivity index is 1.73. The molecule has 4 rings (SSSR count). The minimum atomic E-state index is -0.137. The van der Waals surface area contributed by atoms with Gasteiger partial charge in [-0.25, -0.2) is 0 Å². The number of halogens is 2. The summed E-state index contributed by atoms with van der Waals surface area (Å²) in [7, 11) is 0. The van der Waals surface area contributed by atoms with Crippen molar-refractivity contribution >= 4 is 49.4 Å². The monoisotopic (exact) mass is 411 g/mol. The van der Waals surface area contributed by atoms with Crippen LogP contribution in [-0.4, -0.2) is 21.5 Å². The highest BCUT2D eigenvalue weighted by atomic mass is 79.9. The number of imide groups is 1. The van der Waals surface area contributed by atoms with E-state index < -0.39 is 0 Å². The molecule has 1 heterocycles. The van der Waals surface area contributed by atoms with E-state index in [9.17, 15) is 9.59 Å². The first-order chi connectivity index (χ1) is 10.0. The Kier molecular flexibility index (Phi) is 3.09. The average Bonchev–Trinajstić information content (AvgIpc) is 3.06. The summed E-state index contributed by atoms with van der Waals surface area (Å²) >= 11 is 7.40. The fourth-order valence-corrected chi connectivity index (χ4v) is 6.17. The van der Waals surface area contributed by atoms with Crippen molar-refractivity contribution in [2.24, 2.45) is 23.7 Å². The Bertz CT molecular complexity index is 598. The molecule has 0 N–H and O–H groups in total. The molecular weight excluding hydrogens is 398 g/mol. The smallest absolute Gasteiger partial charge is 0.238 e. The molecule has 1 saturated heterocycles. The van der Waals surface area contributed by atoms with Crippen molar-refractivity contribution in [3.8, 4) is 0 Å². The van der Waals surface area contributed by atoms with Crippen LogP contribution in [0.5, 0.6) is 0 Å². The van der Waals surface area contributed by atoms with Gasteiger partial charge < -0.3 is 0 Å². The average molecular weight is 413 g/mol. The number of amides is 2. The first kappa shape index (κ1) is 13.9. The quantitative estimate of drug-likeness (QED) is 0.524. The zero-order valence-electron chi connectivity index (χ0n) is 11.5. The van der Waals surface area contributed by atoms with E-state index in [0.29, 0.717) is 15.3 Å². The van der Waals surface area contributed by atoms with Gasteiger partial charge in [-0.15, -0.1) is 0 Å². The molecule has 0 unspecified atom stereocenters. The lowest BCUT2D eigenvalue weighted by molar-refractivity contribution is -0.123. The maximum Gasteiger partial charge on any atom is 0.238 e. The first-order valence-electron chi connectivity index (χ1n) is 7.23. The maximum absolute atomic E-state index is 12.8. The molecule has 2 bridgehead atoms. The Labute approximate surface area is 140 Å². The Hall–Kier alpha value is -0.680. The van der Waals surface area contributed by atoms with Crippen molar-refractivity contribution in [3.05, 3.63) is 29.8 Å². The standard InChI is InChI=1S/C16H15Br2NO2/c1-7-2-4-8(5-3-7)19-15(20)11-9-6-10(12(11)16(19)21)14(18)13(9)17/h2-5,9-14H,6H2,1H3/t9-,10-,11-,12+,13-,14+/m0/s1. The van der Waals surface area contributed by atoms with Crippen LogP contribution in [0.1, 0.15) is 12.0 Å². The van der Waals surface area contributed by atoms with Gasteiger partial charge in [0.1, 0.15) is 0 Å². The van der Waals surface area contributed by atoms with Crippen molar-refractivity contribution < 1.29 is 9.59 Å². The summed E-state index contributed by atoms with van der Waals surface area (Å²) < 4.78 is 0. The number of carbonyl (C=O) groups is 2. The zero-order chi connectivity index (χ0) is 14.9. The van der Waals surface area contributed by atoms with Crippen LogP contribution in [0.2, 0.25) is 0 Å². The van der Waals surface area contributed by atoms with E-state index in [2.05, 4.69) is 31.9 Å². The van der Waals surface area contributed by atoms with Gasteiger partial charge in [-0.1, -0.05) is 49.6 Å². The van der Waals surface area contributed by atoms with Gasteiger partial charge in [0.15, 0.2) is 0 Å². The van der Waals surface area contributed by atoms with Gasteiger partial charge in [0.25, 0.3) is 0 Å². The molecule has 0 spiro atoms. The second kappa shape index (κ2) is 4.66. The number of aryl methyl sites for hydroxylation is 1. The normalized spacial score (nSPS) is 41.0. The van der Waals surface area contributed by atoms with E-state index in [1.807, 2.05) is 31.2 Å². The summed E-state index contributed by atoms with van der Waals surface area (Å²) in [6, 6.07) is 7.62. The van der Waals surface area contributed by atoms with Gasteiger partial charge in [0.2, 0.25) is 11.8 Å². The van der Waals surface area contributed by atoms with Crippen molar-refractivity contribution in [1.82, 2.24) is 0 Å². The second-order valence-corrected chi connectivity index (χ2v) is 8.47. The highest BCUT2D eigenvalue weighted by Crippen LogP contribution is 2.60. The number of carbonyl (C=O) groups excluding carboxylic acids is 2. The summed E-state index contributed by atoms with van der Waals surface area (Å²) in [5.41, 5.74) is 1.83. The van der Waals surface area contributed by atoms with E-state index in [1.54, 1.807) is 0 Å². The fourth-order valence-electron chi connectivity index (χ4n) is 4.30. The summed E-state index contributed by atoms with van der Waals surface area (Å²) in [6.07, 6.45) is 0.973. The molecule has 0 radical (unpaired) electrons. The van der Waals surface area contributed by atoms with Gasteiger partial charge >= 0.3 is 0 Å². The van der Waals surface area contributed by atoms with E-state index in [-0.39, 0.29) is 35.5 Å². The topological polar surface area (TPSA) is 37.4 Å². The van der Waals surface area contributed by atoms with Gasteiger partial charge in [-0.2, -0.15) is 0 Å². The van der Waals surface area contributed by atoms with Crippen LogP contribution in [0.15, 0.2) is 24.3 Å². The highest BCUT2D eigenvalue weighted by Gasteiger charge is 2.66. The Morgan fingerprint density at radius 2 is 1.43 bits per heavy atom. The molecule has 2 amide bonds. The predicted molar refractivity (Wildman–Crippen MR) is 87.7 cm³/mol. The third-order valence-corrected chi connectivity index (χ3v) is 8.49. The second-order valence-electron chi connectivity index (χ2n) is 6.35. The molecule has 1 aromatic rings. The maximum atomic E-state index is 12.8. The molecule has 1 aliphatic heterocycles. The van der Waals surface area contributed by atoms with E-state index >= 15 is 0 Å². The molecule has 0 aromatic heterocycles. The number of fused-ring (bicyclic) bond motifs is 5. The molecule has 5 heteroatoms. The molecule has 3 aliphatic rings. The van der Waals surface area contributed by atoms with Crippen LogP contribution < -0.4 is 4.90 Å². The van der Waals surface area contributed by atoms with Crippen molar-refractivity contribution in [3.63, 3.8) is 0 Å². The number of anilines is 1. The van der Waals surface area contributed by atoms with Gasteiger partial charge in [0.05, 0.1) is 17.5 Å². The van der Waals surface area contributed by atoms with Crippen molar-refractivity contribution in [2.45, 2.75) is 23.0 Å². The predicted octanol–water partition coefficient (Wildman–Crippen LogP) is 3.28. The summed E-state index contributed by atoms with van der Waals surface area (Å²) in [6.45, 7) is 2.00. The van der Waals surface area contributed by atoms with Crippen LogP contribution in [0.4, 0.5) is 5.69 Å². The molecule has 3 nitrogen and oxygen atoms in total. The van der Waals surface area contributed by atoms with Crippen LogP contribution >= 0.6 is 31.9 Å². The number of benzene rings is 1. The van der Waals surface area contributed by atoms with Gasteiger partial charge in [-0.05, 0) is 37.3 Å². The first-order valence-corrected chi connectivity index (χ1v) is 9.06. The number of hydrogen-bond donors (Lipinski definition) is 0. The van der Waals surface area contributed by atoms with Crippen LogP contribution in [0.3, 0.4) is 0 Å². The molecule has 110 valence electrons. The highest BCUT2D eigenvalue weighted by molar-refractivity contribution is 9.12.